The third-order valence-electron chi connectivity index (χ3n) is 5.57. The normalized spacial score (nSPS) is 26.6. The van der Waals surface area contributed by atoms with Gasteiger partial charge >= 0.3 is 12.1 Å². The van der Waals surface area contributed by atoms with E-state index in [2.05, 4.69) is 17.4 Å². The van der Waals surface area contributed by atoms with Crippen LogP contribution in [0.2, 0.25) is 0 Å². The number of amides is 2. The highest BCUT2D eigenvalue weighted by atomic mass is 16.6. The van der Waals surface area contributed by atoms with Crippen molar-refractivity contribution in [1.82, 2.24) is 10.2 Å². The number of rotatable bonds is 4. The van der Waals surface area contributed by atoms with Gasteiger partial charge in [-0.05, 0) is 57.9 Å². The molecule has 0 bridgehead atoms. The quantitative estimate of drug-likeness (QED) is 0.783. The van der Waals surface area contributed by atoms with Gasteiger partial charge in [-0.25, -0.2) is 9.59 Å². The lowest BCUT2D eigenvalue weighted by atomic mass is 9.86. The van der Waals surface area contributed by atoms with Gasteiger partial charge in [0.25, 0.3) is 0 Å². The topological polar surface area (TPSA) is 84.9 Å². The molecule has 0 unspecified atom stereocenters. The predicted molar refractivity (Wildman–Crippen MR) is 107 cm³/mol. The van der Waals surface area contributed by atoms with Crippen LogP contribution in [0.3, 0.4) is 0 Å². The first-order valence-electron chi connectivity index (χ1n) is 10.1. The van der Waals surface area contributed by atoms with Gasteiger partial charge in [-0.15, -0.1) is 0 Å². The summed E-state index contributed by atoms with van der Waals surface area (Å²) in [5.74, 6) is -0.470. The summed E-state index contributed by atoms with van der Waals surface area (Å²) in [6.45, 7) is 5.31. The highest BCUT2D eigenvalue weighted by Gasteiger charge is 2.51. The molecular formula is C22H30N2O5. The maximum Gasteiger partial charge on any atom is 0.408 e. The van der Waals surface area contributed by atoms with E-state index in [1.54, 1.807) is 25.7 Å². The van der Waals surface area contributed by atoms with E-state index < -0.39 is 29.7 Å². The van der Waals surface area contributed by atoms with Gasteiger partial charge < -0.3 is 19.7 Å². The Morgan fingerprint density at radius 1 is 1.17 bits per heavy atom. The van der Waals surface area contributed by atoms with Crippen LogP contribution in [-0.4, -0.2) is 53.7 Å². The van der Waals surface area contributed by atoms with Crippen molar-refractivity contribution in [3.8, 4) is 0 Å². The van der Waals surface area contributed by atoms with Gasteiger partial charge in [0, 0.05) is 6.04 Å². The largest absolute Gasteiger partial charge is 0.467 e. The van der Waals surface area contributed by atoms with E-state index in [1.807, 2.05) is 18.2 Å². The van der Waals surface area contributed by atoms with Gasteiger partial charge in [-0.1, -0.05) is 30.3 Å². The van der Waals surface area contributed by atoms with Crippen LogP contribution < -0.4 is 5.32 Å². The van der Waals surface area contributed by atoms with Gasteiger partial charge in [0.05, 0.1) is 7.11 Å². The van der Waals surface area contributed by atoms with Gasteiger partial charge in [0.1, 0.15) is 17.7 Å². The molecule has 158 valence electrons. The molecule has 2 aliphatic heterocycles. The minimum absolute atomic E-state index is 0.0384. The molecule has 1 aromatic carbocycles. The standard InChI is InChI=1S/C22H30N2O5/c1-22(2,3)29-21(27)23-16-10-11-17-15(12-14-8-6-5-7-9-14)13-18(20(26)28-4)24(17)19(16)25/h5-9,15-18H,10-13H2,1-4H3,(H,23,27)/t15-,16+,17+,18+/m1/s1. The lowest BCUT2D eigenvalue weighted by Gasteiger charge is -2.38. The number of piperidine rings is 1. The molecule has 2 fully saturated rings. The number of hydrogen-bond acceptors (Lipinski definition) is 5. The van der Waals surface area contributed by atoms with Crippen LogP contribution in [0.4, 0.5) is 4.79 Å². The smallest absolute Gasteiger partial charge is 0.408 e. The second-order valence-corrected chi connectivity index (χ2v) is 8.81. The van der Waals surface area contributed by atoms with Crippen molar-refractivity contribution in [3.63, 3.8) is 0 Å². The Balaban J connectivity index is 1.75. The van der Waals surface area contributed by atoms with E-state index in [4.69, 9.17) is 9.47 Å². The van der Waals surface area contributed by atoms with Gasteiger partial charge in [0.15, 0.2) is 0 Å². The average molecular weight is 402 g/mol. The lowest BCUT2D eigenvalue weighted by molar-refractivity contribution is -0.154. The third-order valence-corrected chi connectivity index (χ3v) is 5.57. The molecule has 3 rings (SSSR count). The number of methoxy groups -OCH3 is 1. The van der Waals surface area contributed by atoms with Crippen LogP contribution in [0.5, 0.6) is 0 Å². The molecule has 29 heavy (non-hydrogen) atoms. The summed E-state index contributed by atoms with van der Waals surface area (Å²) in [5.41, 5.74) is 0.539. The molecule has 2 heterocycles. The number of fused-ring (bicyclic) bond motifs is 1. The maximum absolute atomic E-state index is 13.2. The number of nitrogens with zero attached hydrogens (tertiary/aromatic N) is 1. The van der Waals surface area contributed by atoms with E-state index in [9.17, 15) is 14.4 Å². The fraction of sp³-hybridized carbons (Fsp3) is 0.591. The Labute approximate surface area is 171 Å². The van der Waals surface area contributed by atoms with Crippen LogP contribution in [0, 0.1) is 5.92 Å². The van der Waals surface area contributed by atoms with Crippen LogP contribution in [-0.2, 0) is 25.5 Å². The fourth-order valence-electron chi connectivity index (χ4n) is 4.41. The molecule has 4 atom stereocenters. The average Bonchev–Trinajstić information content (AvgIpc) is 3.02. The van der Waals surface area contributed by atoms with E-state index >= 15 is 0 Å². The summed E-state index contributed by atoms with van der Waals surface area (Å²) in [6.07, 6.45) is 1.99. The highest BCUT2D eigenvalue weighted by Crippen LogP contribution is 2.39. The zero-order valence-electron chi connectivity index (χ0n) is 17.5. The first-order valence-corrected chi connectivity index (χ1v) is 10.1. The van der Waals surface area contributed by atoms with E-state index in [0.29, 0.717) is 12.8 Å². The van der Waals surface area contributed by atoms with Gasteiger partial charge in [-0.2, -0.15) is 0 Å². The fourth-order valence-corrected chi connectivity index (χ4v) is 4.41. The van der Waals surface area contributed by atoms with Crippen molar-refractivity contribution in [2.24, 2.45) is 5.92 Å². The summed E-state index contributed by atoms with van der Waals surface area (Å²) in [5, 5.41) is 2.68. The van der Waals surface area contributed by atoms with Crippen molar-refractivity contribution >= 4 is 18.0 Å². The molecule has 7 heteroatoms. The summed E-state index contributed by atoms with van der Waals surface area (Å²) in [6, 6.07) is 8.74. The predicted octanol–water partition coefficient (Wildman–Crippen LogP) is 2.67. The molecule has 0 aliphatic carbocycles. The van der Waals surface area contributed by atoms with Crippen LogP contribution >= 0.6 is 0 Å². The first-order chi connectivity index (χ1) is 13.7. The Morgan fingerprint density at radius 3 is 2.48 bits per heavy atom. The van der Waals surface area contributed by atoms with Crippen LogP contribution in [0.1, 0.15) is 45.6 Å². The second-order valence-electron chi connectivity index (χ2n) is 8.81. The SMILES string of the molecule is COC(=O)[C@@H]1C[C@@H](Cc2ccccc2)[C@@H]2CC[C@H](NC(=O)OC(C)(C)C)C(=O)N12. The van der Waals surface area contributed by atoms with Crippen molar-refractivity contribution in [2.75, 3.05) is 7.11 Å². The number of benzene rings is 1. The number of alkyl carbamates (subject to hydrolysis) is 1. The molecule has 0 spiro atoms. The number of ether oxygens (including phenoxy) is 2. The monoisotopic (exact) mass is 402 g/mol. The molecule has 1 aromatic rings. The zero-order valence-corrected chi connectivity index (χ0v) is 17.5. The minimum Gasteiger partial charge on any atom is -0.467 e. The maximum atomic E-state index is 13.2. The second kappa shape index (κ2) is 8.43. The number of nitrogens with one attached hydrogen (secondary N) is 1. The van der Waals surface area contributed by atoms with E-state index in [1.165, 1.54) is 12.7 Å². The van der Waals surface area contributed by atoms with Crippen molar-refractivity contribution in [1.29, 1.82) is 0 Å². The summed E-state index contributed by atoms with van der Waals surface area (Å²) < 4.78 is 10.3. The molecular weight excluding hydrogens is 372 g/mol. The third kappa shape index (κ3) is 4.89. The molecule has 2 amide bonds. The van der Waals surface area contributed by atoms with Crippen molar-refractivity contribution in [2.45, 2.75) is 70.2 Å². The Bertz CT molecular complexity index is 758. The van der Waals surface area contributed by atoms with Crippen molar-refractivity contribution in [3.05, 3.63) is 35.9 Å². The molecule has 2 saturated heterocycles. The van der Waals surface area contributed by atoms with E-state index in [0.717, 1.165) is 12.8 Å². The zero-order chi connectivity index (χ0) is 21.2. The summed E-state index contributed by atoms with van der Waals surface area (Å²) in [7, 11) is 1.34. The van der Waals surface area contributed by atoms with Crippen molar-refractivity contribution < 1.29 is 23.9 Å². The first kappa shape index (κ1) is 21.1. The lowest BCUT2D eigenvalue weighted by Crippen LogP contribution is -2.58. The Morgan fingerprint density at radius 2 is 1.86 bits per heavy atom. The molecule has 0 radical (unpaired) electrons. The Hall–Kier alpha value is -2.57. The summed E-state index contributed by atoms with van der Waals surface area (Å²) in [4.78, 5) is 39.4. The molecule has 1 N–H and O–H groups in total. The Kier molecular flexibility index (Phi) is 6.15. The van der Waals surface area contributed by atoms with Crippen LogP contribution in [0.15, 0.2) is 30.3 Å². The highest BCUT2D eigenvalue weighted by molar-refractivity contribution is 5.91. The van der Waals surface area contributed by atoms with Crippen LogP contribution in [0.25, 0.3) is 0 Å². The molecule has 0 saturated carbocycles. The number of esters is 1. The number of carbonyl (C=O) groups excluding carboxylic acids is 3. The summed E-state index contributed by atoms with van der Waals surface area (Å²) >= 11 is 0. The number of carbonyl (C=O) groups is 3. The number of hydrogen-bond donors (Lipinski definition) is 1. The molecule has 7 nitrogen and oxygen atoms in total. The molecule has 0 aromatic heterocycles. The minimum atomic E-state index is -0.691. The molecule has 2 aliphatic rings. The van der Waals surface area contributed by atoms with E-state index in [-0.39, 0.29) is 17.9 Å². The van der Waals surface area contributed by atoms with Gasteiger partial charge in [-0.3, -0.25) is 4.79 Å². The van der Waals surface area contributed by atoms with Gasteiger partial charge in [0.2, 0.25) is 5.91 Å².